The number of nitrogens with two attached hydrogens (primary N) is 1. The molecule has 4 nitrogen and oxygen atoms in total. The van der Waals surface area contributed by atoms with Crippen molar-refractivity contribution in [2.45, 2.75) is 20.3 Å². The van der Waals surface area contributed by atoms with Crippen LogP contribution in [0.1, 0.15) is 25.8 Å². The van der Waals surface area contributed by atoms with Crippen LogP contribution in [0.3, 0.4) is 0 Å². The zero-order valence-corrected chi connectivity index (χ0v) is 12.5. The van der Waals surface area contributed by atoms with Crippen molar-refractivity contribution in [2.24, 2.45) is 5.73 Å². The van der Waals surface area contributed by atoms with Gasteiger partial charge in [-0.15, -0.1) is 0 Å². The van der Waals surface area contributed by atoms with Crippen molar-refractivity contribution in [2.75, 3.05) is 24.6 Å². The predicted molar refractivity (Wildman–Crippen MR) is 81.4 cm³/mol. The van der Waals surface area contributed by atoms with E-state index in [4.69, 9.17) is 22.7 Å². The summed E-state index contributed by atoms with van der Waals surface area (Å²) in [5.41, 5.74) is 6.24. The van der Waals surface area contributed by atoms with E-state index in [1.165, 1.54) is 12.1 Å². The lowest BCUT2D eigenvalue weighted by Crippen LogP contribution is -2.32. The van der Waals surface area contributed by atoms with Crippen LogP contribution in [0.2, 0.25) is 0 Å². The zero-order chi connectivity index (χ0) is 15.1. The lowest BCUT2D eigenvalue weighted by molar-refractivity contribution is -0.141. The SMILES string of the molecule is CCCN(CC(=O)OCC)c1ccc(C(N)=S)c(F)c1. The summed E-state index contributed by atoms with van der Waals surface area (Å²) in [7, 11) is 0. The molecule has 110 valence electrons. The van der Waals surface area contributed by atoms with Crippen molar-refractivity contribution >= 4 is 28.9 Å². The fourth-order valence-corrected chi connectivity index (χ4v) is 2.00. The van der Waals surface area contributed by atoms with E-state index in [9.17, 15) is 9.18 Å². The number of thiocarbonyl (C=S) groups is 1. The number of nitrogens with zero attached hydrogens (tertiary/aromatic N) is 1. The largest absolute Gasteiger partial charge is 0.465 e. The third kappa shape index (κ3) is 4.45. The number of rotatable bonds is 7. The summed E-state index contributed by atoms with van der Waals surface area (Å²) < 4.78 is 18.8. The molecule has 0 bridgehead atoms. The Balaban J connectivity index is 2.94. The highest BCUT2D eigenvalue weighted by Crippen LogP contribution is 2.19. The Hall–Kier alpha value is -1.69. The standard InChI is InChI=1S/C14H19FN2O2S/c1-3-7-17(9-13(18)19-4-2)10-5-6-11(14(16)20)12(15)8-10/h5-6,8H,3-4,7,9H2,1-2H3,(H2,16,20). The second-order valence-electron chi connectivity index (χ2n) is 4.25. The van der Waals surface area contributed by atoms with E-state index in [1.54, 1.807) is 17.9 Å². The third-order valence-electron chi connectivity index (χ3n) is 2.70. The molecule has 0 heterocycles. The van der Waals surface area contributed by atoms with E-state index in [0.717, 1.165) is 6.42 Å². The Kier molecular flexibility index (Phi) is 6.38. The summed E-state index contributed by atoms with van der Waals surface area (Å²) in [5, 5.41) is 0. The Morgan fingerprint density at radius 1 is 1.45 bits per heavy atom. The normalized spacial score (nSPS) is 10.2. The molecule has 0 aliphatic rings. The summed E-state index contributed by atoms with van der Waals surface area (Å²) in [5.74, 6) is -0.820. The third-order valence-corrected chi connectivity index (χ3v) is 2.92. The van der Waals surface area contributed by atoms with Crippen molar-refractivity contribution in [3.8, 4) is 0 Å². The second kappa shape index (κ2) is 7.79. The van der Waals surface area contributed by atoms with Crippen molar-refractivity contribution in [3.05, 3.63) is 29.6 Å². The van der Waals surface area contributed by atoms with E-state index in [0.29, 0.717) is 18.8 Å². The van der Waals surface area contributed by atoms with E-state index >= 15 is 0 Å². The average Bonchev–Trinajstić information content (AvgIpc) is 2.38. The van der Waals surface area contributed by atoms with Crippen LogP contribution in [0, 0.1) is 5.82 Å². The molecule has 6 heteroatoms. The average molecular weight is 298 g/mol. The van der Waals surface area contributed by atoms with Crippen molar-refractivity contribution in [3.63, 3.8) is 0 Å². The van der Waals surface area contributed by atoms with E-state index < -0.39 is 5.82 Å². The van der Waals surface area contributed by atoms with Crippen LogP contribution in [-0.4, -0.2) is 30.7 Å². The highest BCUT2D eigenvalue weighted by Gasteiger charge is 2.14. The predicted octanol–water partition coefficient (Wildman–Crippen LogP) is 2.24. The summed E-state index contributed by atoms with van der Waals surface area (Å²) in [6.07, 6.45) is 0.831. The molecular weight excluding hydrogens is 279 g/mol. The number of carbonyl (C=O) groups is 1. The van der Waals surface area contributed by atoms with Crippen LogP contribution in [0.5, 0.6) is 0 Å². The maximum absolute atomic E-state index is 13.9. The molecule has 2 N–H and O–H groups in total. The fraction of sp³-hybridized carbons (Fsp3) is 0.429. The molecule has 0 saturated heterocycles. The van der Waals surface area contributed by atoms with Crippen LogP contribution in [-0.2, 0) is 9.53 Å². The molecule has 0 aliphatic carbocycles. The summed E-state index contributed by atoms with van der Waals surface area (Å²) in [4.78, 5) is 13.3. The lowest BCUT2D eigenvalue weighted by atomic mass is 10.1. The first-order valence-corrected chi connectivity index (χ1v) is 6.90. The minimum atomic E-state index is -0.486. The van der Waals surface area contributed by atoms with Crippen LogP contribution in [0.25, 0.3) is 0 Å². The lowest BCUT2D eigenvalue weighted by Gasteiger charge is -2.23. The summed E-state index contributed by atoms with van der Waals surface area (Å²) >= 11 is 4.76. The number of carbonyl (C=O) groups excluding carboxylic acids is 1. The molecule has 0 atom stereocenters. The van der Waals surface area contributed by atoms with Crippen molar-refractivity contribution in [1.82, 2.24) is 0 Å². The molecule has 0 amide bonds. The van der Waals surface area contributed by atoms with Gasteiger partial charge in [-0.05, 0) is 31.5 Å². The Labute approximate surface area is 123 Å². The first-order valence-electron chi connectivity index (χ1n) is 6.49. The number of ether oxygens (including phenoxy) is 1. The van der Waals surface area contributed by atoms with Crippen LogP contribution in [0.4, 0.5) is 10.1 Å². The molecule has 0 spiro atoms. The molecule has 0 radical (unpaired) electrons. The maximum atomic E-state index is 13.9. The highest BCUT2D eigenvalue weighted by molar-refractivity contribution is 7.80. The van der Waals surface area contributed by atoms with Gasteiger partial charge in [-0.2, -0.15) is 0 Å². The smallest absolute Gasteiger partial charge is 0.325 e. The molecule has 20 heavy (non-hydrogen) atoms. The summed E-state index contributed by atoms with van der Waals surface area (Å²) in [6.45, 7) is 4.78. The minimum Gasteiger partial charge on any atom is -0.465 e. The van der Waals surface area contributed by atoms with Gasteiger partial charge in [0.1, 0.15) is 17.4 Å². The Morgan fingerprint density at radius 2 is 2.15 bits per heavy atom. The number of hydrogen-bond donors (Lipinski definition) is 1. The molecule has 0 aromatic heterocycles. The molecule has 1 aromatic carbocycles. The van der Waals surface area contributed by atoms with Crippen LogP contribution in [0.15, 0.2) is 18.2 Å². The van der Waals surface area contributed by atoms with Gasteiger partial charge in [0, 0.05) is 17.8 Å². The van der Waals surface area contributed by atoms with E-state index in [-0.39, 0.29) is 23.1 Å². The van der Waals surface area contributed by atoms with Gasteiger partial charge in [0.25, 0.3) is 0 Å². The van der Waals surface area contributed by atoms with Gasteiger partial charge in [0.05, 0.1) is 6.61 Å². The fourth-order valence-electron chi connectivity index (χ4n) is 1.83. The first-order chi connectivity index (χ1) is 9.49. The quantitative estimate of drug-likeness (QED) is 0.618. The number of benzene rings is 1. The van der Waals surface area contributed by atoms with Crippen LogP contribution < -0.4 is 10.6 Å². The van der Waals surface area contributed by atoms with E-state index in [2.05, 4.69) is 0 Å². The number of esters is 1. The Morgan fingerprint density at radius 3 is 2.65 bits per heavy atom. The number of halogens is 1. The van der Waals surface area contributed by atoms with Crippen molar-refractivity contribution < 1.29 is 13.9 Å². The summed E-state index contributed by atoms with van der Waals surface area (Å²) in [6, 6.07) is 4.57. The molecule has 1 aromatic rings. The van der Waals surface area contributed by atoms with Gasteiger partial charge in [0.2, 0.25) is 0 Å². The van der Waals surface area contributed by atoms with Gasteiger partial charge in [-0.25, -0.2) is 4.39 Å². The van der Waals surface area contributed by atoms with Gasteiger partial charge < -0.3 is 15.4 Å². The number of anilines is 1. The molecule has 0 fully saturated rings. The maximum Gasteiger partial charge on any atom is 0.325 e. The molecule has 0 unspecified atom stereocenters. The first kappa shape index (κ1) is 16.4. The monoisotopic (exact) mass is 298 g/mol. The van der Waals surface area contributed by atoms with Crippen LogP contribution >= 0.6 is 12.2 Å². The van der Waals surface area contributed by atoms with Gasteiger partial charge in [-0.3, -0.25) is 4.79 Å². The Bertz CT molecular complexity index is 494. The molecule has 0 aliphatic heterocycles. The highest BCUT2D eigenvalue weighted by atomic mass is 32.1. The van der Waals surface area contributed by atoms with E-state index in [1.807, 2.05) is 6.92 Å². The molecule has 1 rings (SSSR count). The van der Waals surface area contributed by atoms with Crippen molar-refractivity contribution in [1.29, 1.82) is 0 Å². The zero-order valence-electron chi connectivity index (χ0n) is 11.7. The minimum absolute atomic E-state index is 0.0153. The molecular formula is C14H19FN2O2S. The second-order valence-corrected chi connectivity index (χ2v) is 4.69. The van der Waals surface area contributed by atoms with Gasteiger partial charge >= 0.3 is 5.97 Å². The molecule has 0 saturated carbocycles. The number of hydrogen-bond acceptors (Lipinski definition) is 4. The van der Waals surface area contributed by atoms with Gasteiger partial charge in [0.15, 0.2) is 0 Å². The topological polar surface area (TPSA) is 55.6 Å². The van der Waals surface area contributed by atoms with Gasteiger partial charge in [-0.1, -0.05) is 19.1 Å².